The summed E-state index contributed by atoms with van der Waals surface area (Å²) in [6.07, 6.45) is 0.305. The van der Waals surface area contributed by atoms with Crippen LogP contribution >= 0.6 is 0 Å². The first-order valence-corrected chi connectivity index (χ1v) is 8.31. The van der Waals surface area contributed by atoms with Crippen molar-refractivity contribution in [3.8, 4) is 17.1 Å². The number of amides is 1. The highest BCUT2D eigenvalue weighted by molar-refractivity contribution is 5.78. The molecule has 6 nitrogen and oxygen atoms in total. The van der Waals surface area contributed by atoms with E-state index in [2.05, 4.69) is 10.1 Å². The van der Waals surface area contributed by atoms with Gasteiger partial charge in [0.1, 0.15) is 5.75 Å². The molecule has 0 unspecified atom stereocenters. The lowest BCUT2D eigenvalue weighted by Crippen LogP contribution is -2.27. The van der Waals surface area contributed by atoms with Gasteiger partial charge in [-0.15, -0.1) is 0 Å². The summed E-state index contributed by atoms with van der Waals surface area (Å²) in [4.78, 5) is 18.3. The van der Waals surface area contributed by atoms with E-state index in [0.717, 1.165) is 16.9 Å². The molecule has 0 aliphatic carbocycles. The first kappa shape index (κ1) is 17.7. The lowest BCUT2D eigenvalue weighted by atomic mass is 10.1. The van der Waals surface area contributed by atoms with Gasteiger partial charge in [-0.3, -0.25) is 4.79 Å². The van der Waals surface area contributed by atoms with Gasteiger partial charge in [0, 0.05) is 12.6 Å². The molecule has 0 radical (unpaired) electrons. The number of carbonyl (C=O) groups excluding carboxylic acids is 1. The Morgan fingerprint density at radius 1 is 1.12 bits per heavy atom. The maximum absolute atomic E-state index is 12.4. The van der Waals surface area contributed by atoms with Crippen molar-refractivity contribution in [3.63, 3.8) is 0 Å². The van der Waals surface area contributed by atoms with Gasteiger partial charge in [-0.2, -0.15) is 4.98 Å². The highest BCUT2D eigenvalue weighted by atomic mass is 16.5. The number of aryl methyl sites for hydroxylation is 1. The van der Waals surface area contributed by atoms with Crippen LogP contribution in [-0.2, 0) is 17.8 Å². The van der Waals surface area contributed by atoms with Gasteiger partial charge >= 0.3 is 0 Å². The molecule has 0 saturated carbocycles. The van der Waals surface area contributed by atoms with Crippen molar-refractivity contribution in [2.24, 2.45) is 0 Å². The Balaban J connectivity index is 1.61. The van der Waals surface area contributed by atoms with E-state index in [4.69, 9.17) is 9.26 Å². The molecule has 3 aromatic rings. The normalized spacial score (nSPS) is 10.6. The van der Waals surface area contributed by atoms with Crippen LogP contribution in [-0.4, -0.2) is 35.1 Å². The lowest BCUT2D eigenvalue weighted by Gasteiger charge is -2.14. The van der Waals surface area contributed by atoms with Crippen LogP contribution in [0.3, 0.4) is 0 Å². The Kier molecular flexibility index (Phi) is 5.31. The van der Waals surface area contributed by atoms with Crippen LogP contribution in [0.15, 0.2) is 53.1 Å². The molecule has 0 aliphatic heterocycles. The number of likely N-dealkylation sites (N-methyl/N-ethyl adjacent to an activating group) is 1. The van der Waals surface area contributed by atoms with Crippen LogP contribution in [0.2, 0.25) is 0 Å². The standard InChI is InChI=1S/C20H21N3O3/c1-14-4-8-16(9-5-14)20-21-18(26-22-20)13-23(2)19(24)12-15-6-10-17(25-3)11-7-15/h4-11H,12-13H2,1-3H3. The molecule has 0 atom stereocenters. The van der Waals surface area contributed by atoms with Crippen LogP contribution in [0.4, 0.5) is 0 Å². The number of carbonyl (C=O) groups is 1. The number of hydrogen-bond acceptors (Lipinski definition) is 5. The Labute approximate surface area is 152 Å². The molecule has 26 heavy (non-hydrogen) atoms. The molecular formula is C20H21N3O3. The average molecular weight is 351 g/mol. The first-order valence-electron chi connectivity index (χ1n) is 8.31. The predicted molar refractivity (Wildman–Crippen MR) is 97.6 cm³/mol. The second kappa shape index (κ2) is 7.82. The molecule has 134 valence electrons. The Morgan fingerprint density at radius 2 is 1.81 bits per heavy atom. The second-order valence-corrected chi connectivity index (χ2v) is 6.15. The maximum Gasteiger partial charge on any atom is 0.246 e. The number of methoxy groups -OCH3 is 1. The van der Waals surface area contributed by atoms with Gasteiger partial charge in [-0.1, -0.05) is 47.1 Å². The third kappa shape index (κ3) is 4.27. The molecule has 1 amide bonds. The van der Waals surface area contributed by atoms with E-state index in [9.17, 15) is 4.79 Å². The van der Waals surface area contributed by atoms with E-state index >= 15 is 0 Å². The highest BCUT2D eigenvalue weighted by Crippen LogP contribution is 2.17. The lowest BCUT2D eigenvalue weighted by molar-refractivity contribution is -0.130. The molecule has 1 aromatic heterocycles. The van der Waals surface area contributed by atoms with Gasteiger partial charge in [-0.05, 0) is 24.6 Å². The summed E-state index contributed by atoms with van der Waals surface area (Å²) < 4.78 is 10.4. The van der Waals surface area contributed by atoms with Crippen molar-refractivity contribution in [3.05, 3.63) is 65.5 Å². The van der Waals surface area contributed by atoms with E-state index in [-0.39, 0.29) is 12.5 Å². The van der Waals surface area contributed by atoms with E-state index in [1.807, 2.05) is 55.5 Å². The number of nitrogens with zero attached hydrogens (tertiary/aromatic N) is 3. The zero-order chi connectivity index (χ0) is 18.5. The smallest absolute Gasteiger partial charge is 0.246 e. The van der Waals surface area contributed by atoms with Gasteiger partial charge in [0.25, 0.3) is 0 Å². The van der Waals surface area contributed by atoms with Gasteiger partial charge < -0.3 is 14.2 Å². The summed E-state index contributed by atoms with van der Waals surface area (Å²) in [6, 6.07) is 15.3. The average Bonchev–Trinajstić information content (AvgIpc) is 3.11. The molecule has 3 rings (SSSR count). The molecule has 0 aliphatic rings. The SMILES string of the molecule is COc1ccc(CC(=O)N(C)Cc2nc(-c3ccc(C)cc3)no2)cc1. The molecule has 0 N–H and O–H groups in total. The van der Waals surface area contributed by atoms with E-state index in [1.165, 1.54) is 5.56 Å². The summed E-state index contributed by atoms with van der Waals surface area (Å²) in [5.41, 5.74) is 2.98. The second-order valence-electron chi connectivity index (χ2n) is 6.15. The zero-order valence-corrected chi connectivity index (χ0v) is 15.1. The molecule has 6 heteroatoms. The fraction of sp³-hybridized carbons (Fsp3) is 0.250. The minimum Gasteiger partial charge on any atom is -0.497 e. The predicted octanol–water partition coefficient (Wildman–Crippen LogP) is 3.25. The monoisotopic (exact) mass is 351 g/mol. The third-order valence-electron chi connectivity index (χ3n) is 4.09. The number of rotatable bonds is 6. The Hall–Kier alpha value is -3.15. The van der Waals surface area contributed by atoms with Crippen molar-refractivity contribution < 1.29 is 14.1 Å². The van der Waals surface area contributed by atoms with Crippen molar-refractivity contribution in [1.82, 2.24) is 15.0 Å². The third-order valence-corrected chi connectivity index (χ3v) is 4.09. The Morgan fingerprint density at radius 3 is 2.46 bits per heavy atom. The van der Waals surface area contributed by atoms with E-state index in [0.29, 0.717) is 18.1 Å². The molecule has 2 aromatic carbocycles. The summed E-state index contributed by atoms with van der Waals surface area (Å²) in [6.45, 7) is 2.29. The molecule has 0 fully saturated rings. The van der Waals surface area contributed by atoms with Crippen LogP contribution in [0.5, 0.6) is 5.75 Å². The Bertz CT molecular complexity index is 870. The molecule has 0 saturated heterocycles. The van der Waals surface area contributed by atoms with Crippen molar-refractivity contribution >= 4 is 5.91 Å². The van der Waals surface area contributed by atoms with E-state index in [1.54, 1.807) is 19.1 Å². The van der Waals surface area contributed by atoms with Crippen LogP contribution in [0, 0.1) is 6.92 Å². The van der Waals surface area contributed by atoms with Gasteiger partial charge in [-0.25, -0.2) is 0 Å². The number of ether oxygens (including phenoxy) is 1. The largest absolute Gasteiger partial charge is 0.497 e. The quantitative estimate of drug-likeness (QED) is 0.682. The highest BCUT2D eigenvalue weighted by Gasteiger charge is 2.15. The van der Waals surface area contributed by atoms with Gasteiger partial charge in [0.15, 0.2) is 0 Å². The number of aromatic nitrogens is 2. The summed E-state index contributed by atoms with van der Waals surface area (Å²) in [5.74, 6) is 1.68. The summed E-state index contributed by atoms with van der Waals surface area (Å²) in [5, 5.41) is 3.99. The topological polar surface area (TPSA) is 68.5 Å². The van der Waals surface area contributed by atoms with Crippen molar-refractivity contribution in [2.45, 2.75) is 19.9 Å². The summed E-state index contributed by atoms with van der Waals surface area (Å²) >= 11 is 0. The minimum atomic E-state index is -0.0229. The molecule has 0 bridgehead atoms. The zero-order valence-electron chi connectivity index (χ0n) is 15.1. The molecular weight excluding hydrogens is 330 g/mol. The van der Waals surface area contributed by atoms with Gasteiger partial charge in [0.2, 0.25) is 17.6 Å². The maximum atomic E-state index is 12.4. The first-order chi connectivity index (χ1) is 12.5. The van der Waals surface area contributed by atoms with Crippen molar-refractivity contribution in [2.75, 3.05) is 14.2 Å². The molecule has 0 spiro atoms. The van der Waals surface area contributed by atoms with Crippen molar-refractivity contribution in [1.29, 1.82) is 0 Å². The van der Waals surface area contributed by atoms with Gasteiger partial charge in [0.05, 0.1) is 20.1 Å². The van der Waals surface area contributed by atoms with Crippen LogP contribution in [0.25, 0.3) is 11.4 Å². The van der Waals surface area contributed by atoms with Crippen LogP contribution in [0.1, 0.15) is 17.0 Å². The van der Waals surface area contributed by atoms with E-state index < -0.39 is 0 Å². The minimum absolute atomic E-state index is 0.0229. The fourth-order valence-electron chi connectivity index (χ4n) is 2.48. The van der Waals surface area contributed by atoms with Crippen LogP contribution < -0.4 is 4.74 Å². The fourth-order valence-corrected chi connectivity index (χ4v) is 2.48. The summed E-state index contributed by atoms with van der Waals surface area (Å²) in [7, 11) is 3.34. The number of hydrogen-bond donors (Lipinski definition) is 0. The number of benzene rings is 2. The molecule has 1 heterocycles.